The lowest BCUT2D eigenvalue weighted by molar-refractivity contribution is -0.158. The van der Waals surface area contributed by atoms with Crippen LogP contribution in [0.4, 0.5) is 0 Å². The zero-order valence-electron chi connectivity index (χ0n) is 31.5. The molecule has 0 radical (unpaired) electrons. The standard InChI is InChI=1S/C23H25NO6.C18H23NO5/c1-4-23(2,3)22(27)29-15-14-28-20(25)12-9-17-7-10-19(11-8-17)30-21(26)18-6-5-13-24-16-18;1-4-18(2,3)17(22)24-12-11-23-15(20)10-7-13-5-8-14(9-6-13)16(19)21/h5-13,16H,4,14-15H2,1-3H3;5-10H,4,11-12H2,1-3H3,(H2,19,21)/b12-9+;10-7+. The van der Waals surface area contributed by atoms with Crippen LogP contribution in [-0.2, 0) is 38.1 Å². The second-order valence-corrected chi connectivity index (χ2v) is 12.9. The molecule has 0 fully saturated rings. The summed E-state index contributed by atoms with van der Waals surface area (Å²) in [7, 11) is 0. The molecule has 0 bridgehead atoms. The van der Waals surface area contributed by atoms with Crippen LogP contribution in [-0.4, -0.2) is 67.2 Å². The van der Waals surface area contributed by atoms with E-state index in [1.165, 1.54) is 18.3 Å². The minimum atomic E-state index is -0.553. The average molecular weight is 745 g/mol. The Kier molecular flexibility index (Phi) is 18.0. The Balaban J connectivity index is 0.000000383. The Morgan fingerprint density at radius 1 is 0.630 bits per heavy atom. The molecule has 0 atom stereocenters. The number of benzene rings is 2. The van der Waals surface area contributed by atoms with E-state index in [1.54, 1.807) is 107 Å². The molecule has 0 aliphatic heterocycles. The minimum absolute atomic E-state index is 0.00464. The van der Waals surface area contributed by atoms with Crippen LogP contribution in [0.2, 0.25) is 0 Å². The highest BCUT2D eigenvalue weighted by atomic mass is 16.6. The number of carbonyl (C=O) groups excluding carboxylic acids is 6. The van der Waals surface area contributed by atoms with Crippen LogP contribution in [0.5, 0.6) is 5.75 Å². The average Bonchev–Trinajstić information content (AvgIpc) is 3.17. The molecule has 288 valence electrons. The Labute approximate surface area is 315 Å². The third kappa shape index (κ3) is 16.1. The van der Waals surface area contributed by atoms with Crippen molar-refractivity contribution in [3.05, 3.63) is 107 Å². The minimum Gasteiger partial charge on any atom is -0.462 e. The van der Waals surface area contributed by atoms with Gasteiger partial charge in [-0.05, 0) is 100 Å². The molecule has 54 heavy (non-hydrogen) atoms. The largest absolute Gasteiger partial charge is 0.462 e. The molecule has 0 aliphatic carbocycles. The lowest BCUT2D eigenvalue weighted by Crippen LogP contribution is -2.27. The lowest BCUT2D eigenvalue weighted by atomic mass is 9.91. The molecule has 1 amide bonds. The molecule has 0 saturated carbocycles. The molecule has 13 nitrogen and oxygen atoms in total. The molecular weight excluding hydrogens is 696 g/mol. The van der Waals surface area contributed by atoms with Gasteiger partial charge in [0, 0.05) is 30.1 Å². The SMILES string of the molecule is CCC(C)(C)C(=O)OCCOC(=O)/C=C/c1ccc(C(N)=O)cc1.CCC(C)(C)C(=O)OCCOC(=O)/C=C/c1ccc(OC(=O)c2cccnc2)cc1. The first kappa shape index (κ1) is 44.1. The Morgan fingerprint density at radius 3 is 1.48 bits per heavy atom. The van der Waals surface area contributed by atoms with Gasteiger partial charge in [0.25, 0.3) is 0 Å². The van der Waals surface area contributed by atoms with Crippen molar-refractivity contribution in [3.8, 4) is 5.75 Å². The van der Waals surface area contributed by atoms with Crippen molar-refractivity contribution in [3.63, 3.8) is 0 Å². The molecule has 2 aromatic carbocycles. The molecule has 0 saturated heterocycles. The monoisotopic (exact) mass is 744 g/mol. The quantitative estimate of drug-likeness (QED) is 0.0546. The molecule has 0 spiro atoms. The number of primary amides is 1. The summed E-state index contributed by atoms with van der Waals surface area (Å²) >= 11 is 0. The number of hydrogen-bond acceptors (Lipinski definition) is 12. The normalized spacial score (nSPS) is 11.2. The number of carbonyl (C=O) groups is 6. The summed E-state index contributed by atoms with van der Waals surface area (Å²) in [5, 5.41) is 0. The van der Waals surface area contributed by atoms with Gasteiger partial charge >= 0.3 is 29.8 Å². The maximum atomic E-state index is 12.0. The summed E-state index contributed by atoms with van der Waals surface area (Å²) in [6.07, 6.45) is 9.99. The van der Waals surface area contributed by atoms with Crippen molar-refractivity contribution in [2.24, 2.45) is 16.6 Å². The van der Waals surface area contributed by atoms with Crippen molar-refractivity contribution in [2.75, 3.05) is 26.4 Å². The number of amides is 1. The van der Waals surface area contributed by atoms with Gasteiger partial charge in [0.05, 0.1) is 16.4 Å². The second kappa shape index (κ2) is 22.1. The summed E-state index contributed by atoms with van der Waals surface area (Å²) in [6.45, 7) is 11.0. The third-order valence-electron chi connectivity index (χ3n) is 8.00. The zero-order chi connectivity index (χ0) is 40.1. The van der Waals surface area contributed by atoms with E-state index in [4.69, 9.17) is 29.4 Å². The Morgan fingerprint density at radius 2 is 1.07 bits per heavy atom. The van der Waals surface area contributed by atoms with E-state index in [2.05, 4.69) is 4.98 Å². The van der Waals surface area contributed by atoms with E-state index in [-0.39, 0.29) is 38.4 Å². The third-order valence-corrected chi connectivity index (χ3v) is 8.00. The fourth-order valence-corrected chi connectivity index (χ4v) is 3.71. The van der Waals surface area contributed by atoms with Gasteiger partial charge in [-0.1, -0.05) is 38.1 Å². The number of hydrogen-bond donors (Lipinski definition) is 1. The second-order valence-electron chi connectivity index (χ2n) is 12.9. The van der Waals surface area contributed by atoms with Gasteiger partial charge in [-0.2, -0.15) is 0 Å². The van der Waals surface area contributed by atoms with E-state index in [0.717, 1.165) is 11.1 Å². The number of rotatable bonds is 17. The van der Waals surface area contributed by atoms with Crippen LogP contribution in [0.25, 0.3) is 12.2 Å². The molecular formula is C41H48N2O11. The summed E-state index contributed by atoms with van der Waals surface area (Å²) in [5.41, 5.74) is 6.26. The van der Waals surface area contributed by atoms with Crippen LogP contribution in [0.15, 0.2) is 85.2 Å². The van der Waals surface area contributed by atoms with Gasteiger partial charge in [0.1, 0.15) is 32.2 Å². The number of ether oxygens (including phenoxy) is 5. The summed E-state index contributed by atoms with van der Waals surface area (Å²) in [6, 6.07) is 16.4. The fraction of sp³-hybridized carbons (Fsp3) is 0.341. The molecule has 0 aliphatic rings. The van der Waals surface area contributed by atoms with E-state index in [0.29, 0.717) is 29.7 Å². The molecule has 3 rings (SSSR count). The van der Waals surface area contributed by atoms with Crippen LogP contribution < -0.4 is 10.5 Å². The summed E-state index contributed by atoms with van der Waals surface area (Å²) in [5.74, 6) is -2.36. The van der Waals surface area contributed by atoms with Gasteiger partial charge in [-0.25, -0.2) is 14.4 Å². The van der Waals surface area contributed by atoms with Crippen molar-refractivity contribution >= 4 is 47.9 Å². The van der Waals surface area contributed by atoms with Gasteiger partial charge < -0.3 is 29.4 Å². The first-order valence-electron chi connectivity index (χ1n) is 17.2. The van der Waals surface area contributed by atoms with Crippen LogP contribution >= 0.6 is 0 Å². The molecule has 1 heterocycles. The topological polar surface area (TPSA) is 187 Å². The first-order valence-corrected chi connectivity index (χ1v) is 17.2. The van der Waals surface area contributed by atoms with Crippen molar-refractivity contribution < 1.29 is 52.5 Å². The van der Waals surface area contributed by atoms with Crippen LogP contribution in [0, 0.1) is 10.8 Å². The highest BCUT2D eigenvalue weighted by Gasteiger charge is 2.27. The zero-order valence-corrected chi connectivity index (χ0v) is 31.5. The predicted octanol–water partition coefficient (Wildman–Crippen LogP) is 6.16. The molecule has 3 aromatic rings. The van der Waals surface area contributed by atoms with Crippen molar-refractivity contribution in [2.45, 2.75) is 54.4 Å². The number of aromatic nitrogens is 1. The maximum absolute atomic E-state index is 12.0. The lowest BCUT2D eigenvalue weighted by Gasteiger charge is -2.20. The van der Waals surface area contributed by atoms with Crippen molar-refractivity contribution in [1.29, 1.82) is 0 Å². The Bertz CT molecular complexity index is 1760. The summed E-state index contributed by atoms with van der Waals surface area (Å²) in [4.78, 5) is 73.7. The highest BCUT2D eigenvalue weighted by Crippen LogP contribution is 2.22. The van der Waals surface area contributed by atoms with E-state index in [1.807, 2.05) is 13.8 Å². The molecule has 13 heteroatoms. The molecule has 0 unspecified atom stereocenters. The molecule has 1 aromatic heterocycles. The van der Waals surface area contributed by atoms with E-state index in [9.17, 15) is 28.8 Å². The van der Waals surface area contributed by atoms with Crippen LogP contribution in [0.1, 0.15) is 86.2 Å². The van der Waals surface area contributed by atoms with Gasteiger partial charge in [0.15, 0.2) is 0 Å². The number of nitrogens with zero attached hydrogens (tertiary/aromatic N) is 1. The predicted molar refractivity (Wildman–Crippen MR) is 201 cm³/mol. The number of nitrogens with two attached hydrogens (primary N) is 1. The number of pyridine rings is 1. The maximum Gasteiger partial charge on any atom is 0.345 e. The van der Waals surface area contributed by atoms with Gasteiger partial charge in [-0.3, -0.25) is 19.4 Å². The van der Waals surface area contributed by atoms with Crippen molar-refractivity contribution in [1.82, 2.24) is 4.98 Å². The molecule has 2 N–H and O–H groups in total. The smallest absolute Gasteiger partial charge is 0.345 e. The van der Waals surface area contributed by atoms with Gasteiger partial charge in [0.2, 0.25) is 5.91 Å². The van der Waals surface area contributed by atoms with Crippen LogP contribution in [0.3, 0.4) is 0 Å². The summed E-state index contributed by atoms with van der Waals surface area (Å²) < 4.78 is 25.4. The number of esters is 5. The van der Waals surface area contributed by atoms with E-state index < -0.39 is 34.6 Å². The highest BCUT2D eigenvalue weighted by molar-refractivity contribution is 5.93. The van der Waals surface area contributed by atoms with E-state index >= 15 is 0 Å². The fourth-order valence-electron chi connectivity index (χ4n) is 3.71. The van der Waals surface area contributed by atoms with Gasteiger partial charge in [-0.15, -0.1) is 0 Å². The Hall–Kier alpha value is -6.11. The first-order chi connectivity index (χ1) is 25.6.